The number of methoxy groups -OCH3 is 1. The first-order chi connectivity index (χ1) is 10.2. The maximum atomic E-state index is 5.26. The molecule has 0 atom stereocenters. The number of hydrogen-bond donors (Lipinski definition) is 0. The van der Waals surface area contributed by atoms with Crippen LogP contribution in [-0.4, -0.2) is 23.3 Å². The Kier molecular flexibility index (Phi) is 4.08. The van der Waals surface area contributed by atoms with Crippen LogP contribution in [0.15, 0.2) is 47.1 Å². The highest BCUT2D eigenvalue weighted by molar-refractivity contribution is 9.10. The third kappa shape index (κ3) is 2.87. The highest BCUT2D eigenvalue weighted by Gasteiger charge is 2.11. The summed E-state index contributed by atoms with van der Waals surface area (Å²) in [5.74, 6) is 0. The Hall–Kier alpha value is -1.65. The summed E-state index contributed by atoms with van der Waals surface area (Å²) in [6.07, 6.45) is 1.86. The number of ether oxygens (including phenoxy) is 1. The lowest BCUT2D eigenvalue weighted by Crippen LogP contribution is -2.05. The van der Waals surface area contributed by atoms with Gasteiger partial charge in [-0.15, -0.1) is 0 Å². The van der Waals surface area contributed by atoms with E-state index in [0.717, 1.165) is 16.7 Å². The number of pyridine rings is 1. The van der Waals surface area contributed by atoms with Gasteiger partial charge < -0.3 is 9.30 Å². The SMILES string of the molecule is COCCn1c(-c2ccnc(C)c2)cc2cc(Br)ccc21. The molecule has 0 saturated heterocycles. The number of aryl methyl sites for hydroxylation is 1. The zero-order valence-electron chi connectivity index (χ0n) is 12.1. The number of rotatable bonds is 4. The summed E-state index contributed by atoms with van der Waals surface area (Å²) in [5.41, 5.74) is 4.63. The van der Waals surface area contributed by atoms with E-state index in [9.17, 15) is 0 Å². The van der Waals surface area contributed by atoms with Crippen molar-refractivity contribution in [2.45, 2.75) is 13.5 Å². The number of hydrogen-bond acceptors (Lipinski definition) is 2. The normalized spacial score (nSPS) is 11.2. The van der Waals surface area contributed by atoms with Crippen LogP contribution in [0.3, 0.4) is 0 Å². The molecule has 0 amide bonds. The summed E-state index contributed by atoms with van der Waals surface area (Å²) in [5, 5.41) is 1.23. The molecular formula is C17H17BrN2O. The lowest BCUT2D eigenvalue weighted by molar-refractivity contribution is 0.189. The van der Waals surface area contributed by atoms with E-state index in [2.05, 4.69) is 61.9 Å². The summed E-state index contributed by atoms with van der Waals surface area (Å²) in [7, 11) is 1.73. The minimum absolute atomic E-state index is 0.691. The molecular weight excluding hydrogens is 328 g/mol. The van der Waals surface area contributed by atoms with Crippen molar-refractivity contribution in [2.24, 2.45) is 0 Å². The van der Waals surface area contributed by atoms with Crippen molar-refractivity contribution in [3.63, 3.8) is 0 Å². The predicted molar refractivity (Wildman–Crippen MR) is 89.5 cm³/mol. The van der Waals surface area contributed by atoms with E-state index in [0.29, 0.717) is 6.61 Å². The molecule has 0 unspecified atom stereocenters. The molecule has 0 aliphatic rings. The van der Waals surface area contributed by atoms with Crippen molar-refractivity contribution in [1.82, 2.24) is 9.55 Å². The lowest BCUT2D eigenvalue weighted by Gasteiger charge is -2.11. The van der Waals surface area contributed by atoms with Crippen LogP contribution in [0.5, 0.6) is 0 Å². The molecule has 0 spiro atoms. The smallest absolute Gasteiger partial charge is 0.0642 e. The van der Waals surface area contributed by atoms with Gasteiger partial charge in [0, 0.05) is 52.2 Å². The Labute approximate surface area is 132 Å². The molecule has 1 aromatic carbocycles. The number of fused-ring (bicyclic) bond motifs is 1. The summed E-state index contributed by atoms with van der Waals surface area (Å²) >= 11 is 3.54. The van der Waals surface area contributed by atoms with Crippen molar-refractivity contribution in [1.29, 1.82) is 0 Å². The van der Waals surface area contributed by atoms with Crippen LogP contribution in [0.4, 0.5) is 0 Å². The molecule has 0 radical (unpaired) electrons. The topological polar surface area (TPSA) is 27.1 Å². The minimum Gasteiger partial charge on any atom is -0.383 e. The standard InChI is InChI=1S/C17H17BrN2O/c1-12-9-13(5-6-19-12)17-11-14-10-15(18)3-4-16(14)20(17)7-8-21-2/h3-6,9-11H,7-8H2,1-2H3. The fraction of sp³-hybridized carbons (Fsp3) is 0.235. The van der Waals surface area contributed by atoms with Crippen molar-refractivity contribution in [3.8, 4) is 11.3 Å². The monoisotopic (exact) mass is 344 g/mol. The quantitative estimate of drug-likeness (QED) is 0.700. The van der Waals surface area contributed by atoms with Gasteiger partial charge in [-0.2, -0.15) is 0 Å². The molecule has 3 aromatic rings. The highest BCUT2D eigenvalue weighted by atomic mass is 79.9. The van der Waals surface area contributed by atoms with Gasteiger partial charge in [0.1, 0.15) is 0 Å². The van der Waals surface area contributed by atoms with Crippen LogP contribution in [0.25, 0.3) is 22.2 Å². The van der Waals surface area contributed by atoms with Crippen molar-refractivity contribution < 1.29 is 4.74 Å². The van der Waals surface area contributed by atoms with Crippen molar-refractivity contribution in [3.05, 3.63) is 52.8 Å². The van der Waals surface area contributed by atoms with E-state index >= 15 is 0 Å². The van der Waals surface area contributed by atoms with Gasteiger partial charge in [0.05, 0.1) is 6.61 Å². The maximum Gasteiger partial charge on any atom is 0.0642 e. The fourth-order valence-electron chi connectivity index (χ4n) is 2.61. The molecule has 0 aliphatic carbocycles. The zero-order chi connectivity index (χ0) is 14.8. The molecule has 2 aromatic heterocycles. The summed E-state index contributed by atoms with van der Waals surface area (Å²) in [4.78, 5) is 4.28. The van der Waals surface area contributed by atoms with E-state index in [1.54, 1.807) is 7.11 Å². The Balaban J connectivity index is 2.20. The zero-order valence-corrected chi connectivity index (χ0v) is 13.7. The van der Waals surface area contributed by atoms with Gasteiger partial charge in [-0.3, -0.25) is 4.98 Å². The van der Waals surface area contributed by atoms with Gasteiger partial charge in [0.15, 0.2) is 0 Å². The third-order valence-electron chi connectivity index (χ3n) is 3.57. The van der Waals surface area contributed by atoms with Crippen LogP contribution >= 0.6 is 15.9 Å². The van der Waals surface area contributed by atoms with Crippen LogP contribution in [0.1, 0.15) is 5.69 Å². The molecule has 0 saturated carbocycles. The minimum atomic E-state index is 0.691. The average molecular weight is 345 g/mol. The molecule has 0 bridgehead atoms. The first-order valence-electron chi connectivity index (χ1n) is 6.90. The molecule has 3 nitrogen and oxygen atoms in total. The van der Waals surface area contributed by atoms with Crippen molar-refractivity contribution in [2.75, 3.05) is 13.7 Å². The van der Waals surface area contributed by atoms with E-state index in [4.69, 9.17) is 4.74 Å². The molecule has 0 aliphatic heterocycles. The van der Waals surface area contributed by atoms with Gasteiger partial charge in [0.2, 0.25) is 0 Å². The Bertz CT molecular complexity index is 780. The van der Waals surface area contributed by atoms with Crippen molar-refractivity contribution >= 4 is 26.8 Å². The second kappa shape index (κ2) is 6.00. The van der Waals surface area contributed by atoms with Gasteiger partial charge in [-0.25, -0.2) is 0 Å². The molecule has 2 heterocycles. The number of halogens is 1. The third-order valence-corrected chi connectivity index (χ3v) is 4.07. The number of nitrogens with zero attached hydrogens (tertiary/aromatic N) is 2. The number of aromatic nitrogens is 2. The van der Waals surface area contributed by atoms with Crippen LogP contribution < -0.4 is 0 Å². The molecule has 108 valence electrons. The maximum absolute atomic E-state index is 5.26. The predicted octanol–water partition coefficient (Wildman–Crippen LogP) is 4.42. The Morgan fingerprint density at radius 1 is 1.19 bits per heavy atom. The van der Waals surface area contributed by atoms with E-state index in [1.165, 1.54) is 22.2 Å². The summed E-state index contributed by atoms with van der Waals surface area (Å²) in [6.45, 7) is 3.54. The Morgan fingerprint density at radius 3 is 2.81 bits per heavy atom. The van der Waals surface area contributed by atoms with Gasteiger partial charge >= 0.3 is 0 Å². The lowest BCUT2D eigenvalue weighted by atomic mass is 10.1. The second-order valence-electron chi connectivity index (χ2n) is 5.06. The Morgan fingerprint density at radius 2 is 2.05 bits per heavy atom. The number of benzene rings is 1. The molecule has 0 N–H and O–H groups in total. The largest absolute Gasteiger partial charge is 0.383 e. The molecule has 0 fully saturated rings. The average Bonchev–Trinajstić information content (AvgIpc) is 2.82. The van der Waals surface area contributed by atoms with Gasteiger partial charge in [-0.1, -0.05) is 15.9 Å². The van der Waals surface area contributed by atoms with E-state index < -0.39 is 0 Å². The first-order valence-corrected chi connectivity index (χ1v) is 7.69. The van der Waals surface area contributed by atoms with Crippen LogP contribution in [-0.2, 0) is 11.3 Å². The summed E-state index contributed by atoms with van der Waals surface area (Å²) < 4.78 is 8.66. The molecule has 4 heteroatoms. The van der Waals surface area contributed by atoms with Gasteiger partial charge in [0.25, 0.3) is 0 Å². The summed E-state index contributed by atoms with van der Waals surface area (Å²) in [6, 6.07) is 12.8. The van der Waals surface area contributed by atoms with Crippen LogP contribution in [0.2, 0.25) is 0 Å². The van der Waals surface area contributed by atoms with E-state index in [-0.39, 0.29) is 0 Å². The highest BCUT2D eigenvalue weighted by Crippen LogP contribution is 2.30. The fourth-order valence-corrected chi connectivity index (χ4v) is 2.99. The molecule has 3 rings (SSSR count). The first kappa shape index (κ1) is 14.3. The molecule has 21 heavy (non-hydrogen) atoms. The van der Waals surface area contributed by atoms with Gasteiger partial charge in [-0.05, 0) is 43.3 Å². The van der Waals surface area contributed by atoms with Crippen LogP contribution in [0, 0.1) is 6.92 Å². The second-order valence-corrected chi connectivity index (χ2v) is 5.98. The van der Waals surface area contributed by atoms with E-state index in [1.807, 2.05) is 13.1 Å².